The number of rotatable bonds is 25. The number of unbranched alkanes of at least 4 members (excludes halogenated alkanes) is 18. The fraction of sp³-hybridized carbons (Fsp3) is 0.929. The number of ether oxygens (including phenoxy) is 1. The van der Waals surface area contributed by atoms with Gasteiger partial charge < -0.3 is 30.3 Å². The van der Waals surface area contributed by atoms with Gasteiger partial charge in [-0.25, -0.2) is 4.79 Å². The van der Waals surface area contributed by atoms with Crippen molar-refractivity contribution in [1.29, 1.82) is 0 Å². The standard InChI is InChI=1S/C28H54O8/c1-2-3-4-5-6-7-8-9-10-11-12-13-14-15-16-17-18-19-20-21-24(31)36-28(35)27(34)26(33)25(32)23(30)22-29/h23,25-27,29-30,32-34H,2-22H2,1H3/t23-,25-,26+,27-/m1/s1. The molecule has 0 aliphatic carbocycles. The molecule has 0 spiro atoms. The third-order valence-corrected chi connectivity index (χ3v) is 6.70. The highest BCUT2D eigenvalue weighted by molar-refractivity contribution is 5.88. The molecule has 0 heterocycles. The van der Waals surface area contributed by atoms with Gasteiger partial charge in [-0.15, -0.1) is 0 Å². The summed E-state index contributed by atoms with van der Waals surface area (Å²) in [5.74, 6) is -2.20. The molecule has 0 saturated heterocycles. The molecule has 0 saturated carbocycles. The first kappa shape index (κ1) is 34.9. The molecule has 0 fully saturated rings. The predicted octanol–water partition coefficient (Wildman–Crippen LogP) is 4.31. The van der Waals surface area contributed by atoms with Gasteiger partial charge in [0.1, 0.15) is 18.3 Å². The minimum absolute atomic E-state index is 0.0230. The van der Waals surface area contributed by atoms with Gasteiger partial charge in [0, 0.05) is 6.42 Å². The first-order valence-corrected chi connectivity index (χ1v) is 14.4. The number of aliphatic hydroxyl groups excluding tert-OH is 5. The molecule has 0 aromatic rings. The largest absolute Gasteiger partial charge is 0.394 e. The van der Waals surface area contributed by atoms with Crippen molar-refractivity contribution < 1.29 is 39.9 Å². The highest BCUT2D eigenvalue weighted by Crippen LogP contribution is 2.15. The minimum Gasteiger partial charge on any atom is -0.394 e. The van der Waals surface area contributed by atoms with Crippen LogP contribution in [-0.2, 0) is 14.3 Å². The Morgan fingerprint density at radius 2 is 0.944 bits per heavy atom. The van der Waals surface area contributed by atoms with Crippen LogP contribution in [0.15, 0.2) is 0 Å². The summed E-state index contributed by atoms with van der Waals surface area (Å²) in [5, 5.41) is 46.8. The lowest BCUT2D eigenvalue weighted by atomic mass is 10.0. The molecule has 36 heavy (non-hydrogen) atoms. The Morgan fingerprint density at radius 1 is 0.583 bits per heavy atom. The van der Waals surface area contributed by atoms with E-state index in [1.165, 1.54) is 96.3 Å². The van der Waals surface area contributed by atoms with Crippen LogP contribution in [0.5, 0.6) is 0 Å². The normalized spacial score (nSPS) is 14.8. The molecular weight excluding hydrogens is 464 g/mol. The van der Waals surface area contributed by atoms with Gasteiger partial charge in [0.05, 0.1) is 6.61 Å². The summed E-state index contributed by atoms with van der Waals surface area (Å²) in [6.07, 6.45) is 15.8. The fourth-order valence-electron chi connectivity index (χ4n) is 4.23. The molecule has 0 aliphatic heterocycles. The van der Waals surface area contributed by atoms with Gasteiger partial charge in [0.2, 0.25) is 0 Å². The number of carbonyl (C=O) groups excluding carboxylic acids is 2. The SMILES string of the molecule is CCCCCCCCCCCCCCCCCCCCCC(=O)OC(=O)[C@H](O)[C@@H](O)[C@H](O)[C@H](O)CO. The Balaban J connectivity index is 3.51. The highest BCUT2D eigenvalue weighted by atomic mass is 16.6. The Labute approximate surface area is 218 Å². The molecular formula is C28H54O8. The molecule has 4 atom stereocenters. The summed E-state index contributed by atoms with van der Waals surface area (Å²) in [6.45, 7) is 1.40. The molecule has 0 aliphatic rings. The van der Waals surface area contributed by atoms with Crippen molar-refractivity contribution >= 4 is 11.9 Å². The molecule has 8 nitrogen and oxygen atoms in total. The third kappa shape index (κ3) is 19.1. The van der Waals surface area contributed by atoms with Gasteiger partial charge in [-0.3, -0.25) is 4.79 Å². The van der Waals surface area contributed by atoms with E-state index < -0.39 is 43.0 Å². The van der Waals surface area contributed by atoms with E-state index in [1.807, 2.05) is 0 Å². The summed E-state index contributed by atoms with van der Waals surface area (Å²) in [5.41, 5.74) is 0. The predicted molar refractivity (Wildman–Crippen MR) is 140 cm³/mol. The number of carbonyl (C=O) groups is 2. The minimum atomic E-state index is -2.20. The van der Waals surface area contributed by atoms with Gasteiger partial charge in [-0.05, 0) is 6.42 Å². The van der Waals surface area contributed by atoms with Crippen molar-refractivity contribution in [2.24, 2.45) is 0 Å². The Hall–Kier alpha value is -1.06. The maximum Gasteiger partial charge on any atom is 0.345 e. The van der Waals surface area contributed by atoms with Crippen LogP contribution in [0.2, 0.25) is 0 Å². The van der Waals surface area contributed by atoms with E-state index in [0.29, 0.717) is 6.42 Å². The average Bonchev–Trinajstić information content (AvgIpc) is 2.88. The molecule has 8 heteroatoms. The molecule has 214 valence electrons. The molecule has 0 amide bonds. The van der Waals surface area contributed by atoms with Crippen LogP contribution in [0.4, 0.5) is 0 Å². The third-order valence-electron chi connectivity index (χ3n) is 6.70. The van der Waals surface area contributed by atoms with Crippen molar-refractivity contribution in [2.75, 3.05) is 6.61 Å². The van der Waals surface area contributed by atoms with Crippen molar-refractivity contribution in [2.45, 2.75) is 160 Å². The van der Waals surface area contributed by atoms with Gasteiger partial charge in [-0.2, -0.15) is 0 Å². The Kier molecular flexibility index (Phi) is 23.6. The van der Waals surface area contributed by atoms with E-state index in [-0.39, 0.29) is 6.42 Å². The van der Waals surface area contributed by atoms with E-state index >= 15 is 0 Å². The lowest BCUT2D eigenvalue weighted by Crippen LogP contribution is -2.49. The van der Waals surface area contributed by atoms with Gasteiger partial charge in [0.25, 0.3) is 0 Å². The van der Waals surface area contributed by atoms with E-state index in [9.17, 15) is 30.0 Å². The van der Waals surface area contributed by atoms with Gasteiger partial charge in [-0.1, -0.05) is 122 Å². The smallest absolute Gasteiger partial charge is 0.345 e. The Bertz CT molecular complexity index is 528. The second-order valence-electron chi connectivity index (χ2n) is 10.1. The number of esters is 2. The second-order valence-corrected chi connectivity index (χ2v) is 10.1. The highest BCUT2D eigenvalue weighted by Gasteiger charge is 2.35. The second kappa shape index (κ2) is 24.3. The lowest BCUT2D eigenvalue weighted by Gasteiger charge is -2.24. The van der Waals surface area contributed by atoms with Crippen LogP contribution < -0.4 is 0 Å². The quantitative estimate of drug-likeness (QED) is 0.0683. The van der Waals surface area contributed by atoms with Crippen molar-refractivity contribution in [3.05, 3.63) is 0 Å². The van der Waals surface area contributed by atoms with Crippen LogP contribution in [0.3, 0.4) is 0 Å². The molecule has 0 rings (SSSR count). The maximum atomic E-state index is 11.7. The number of hydrogen-bond donors (Lipinski definition) is 5. The first-order chi connectivity index (χ1) is 17.3. The average molecular weight is 519 g/mol. The zero-order chi connectivity index (χ0) is 27.0. The van der Waals surface area contributed by atoms with Crippen LogP contribution in [0.1, 0.15) is 135 Å². The molecule has 0 aromatic carbocycles. The summed E-state index contributed by atoms with van der Waals surface area (Å²) in [7, 11) is 0. The number of aliphatic hydroxyl groups is 5. The topological polar surface area (TPSA) is 145 Å². The summed E-state index contributed by atoms with van der Waals surface area (Å²) in [6, 6.07) is 0. The molecule has 0 aromatic heterocycles. The van der Waals surface area contributed by atoms with Crippen LogP contribution in [0.25, 0.3) is 0 Å². The van der Waals surface area contributed by atoms with E-state index in [0.717, 1.165) is 19.3 Å². The fourth-order valence-corrected chi connectivity index (χ4v) is 4.23. The maximum absolute atomic E-state index is 11.7. The summed E-state index contributed by atoms with van der Waals surface area (Å²) in [4.78, 5) is 23.4. The monoisotopic (exact) mass is 518 g/mol. The van der Waals surface area contributed by atoms with E-state index in [2.05, 4.69) is 11.7 Å². The van der Waals surface area contributed by atoms with Crippen molar-refractivity contribution in [3.63, 3.8) is 0 Å². The van der Waals surface area contributed by atoms with Crippen LogP contribution in [-0.4, -0.2) is 68.5 Å². The lowest BCUT2D eigenvalue weighted by molar-refractivity contribution is -0.176. The zero-order valence-electron chi connectivity index (χ0n) is 22.6. The van der Waals surface area contributed by atoms with Gasteiger partial charge >= 0.3 is 11.9 Å². The summed E-state index contributed by atoms with van der Waals surface area (Å²) >= 11 is 0. The summed E-state index contributed by atoms with van der Waals surface area (Å²) < 4.78 is 4.49. The molecule has 0 unspecified atom stereocenters. The van der Waals surface area contributed by atoms with E-state index in [1.54, 1.807) is 0 Å². The molecule has 0 radical (unpaired) electrons. The van der Waals surface area contributed by atoms with Crippen molar-refractivity contribution in [3.8, 4) is 0 Å². The number of hydrogen-bond acceptors (Lipinski definition) is 8. The van der Waals surface area contributed by atoms with Crippen LogP contribution in [0, 0.1) is 0 Å². The first-order valence-electron chi connectivity index (χ1n) is 14.4. The molecule has 5 N–H and O–H groups in total. The van der Waals surface area contributed by atoms with Crippen molar-refractivity contribution in [1.82, 2.24) is 0 Å². The zero-order valence-corrected chi connectivity index (χ0v) is 22.6. The van der Waals surface area contributed by atoms with Gasteiger partial charge in [0.15, 0.2) is 6.10 Å². The van der Waals surface area contributed by atoms with Crippen LogP contribution >= 0.6 is 0 Å². The van der Waals surface area contributed by atoms with E-state index in [4.69, 9.17) is 5.11 Å². The Morgan fingerprint density at radius 3 is 1.31 bits per heavy atom. The molecule has 0 bridgehead atoms.